The number of piperidine rings is 1. The monoisotopic (exact) mass is 256 g/mol. The summed E-state index contributed by atoms with van der Waals surface area (Å²) in [7, 11) is 1.84. The molecule has 0 aromatic rings. The smallest absolute Gasteiger partial charge is 0.0724 e. The molecule has 4 atom stereocenters. The van der Waals surface area contributed by atoms with Gasteiger partial charge in [0.05, 0.1) is 19.3 Å². The quantitative estimate of drug-likeness (QED) is 0.795. The highest BCUT2D eigenvalue weighted by molar-refractivity contribution is 4.86. The van der Waals surface area contributed by atoms with Crippen LogP contribution >= 0.6 is 0 Å². The normalized spacial score (nSPS) is 38.2. The molecule has 1 N–H and O–H groups in total. The number of ether oxygens (including phenoxy) is 2. The third-order valence-electron chi connectivity index (χ3n) is 4.43. The van der Waals surface area contributed by atoms with Gasteiger partial charge in [0.2, 0.25) is 0 Å². The first-order chi connectivity index (χ1) is 8.74. The summed E-state index contributed by atoms with van der Waals surface area (Å²) in [6.07, 6.45) is 1.65. The number of likely N-dealkylation sites (tertiary alicyclic amines) is 1. The maximum atomic E-state index is 5.62. The Balaban J connectivity index is 1.82. The Labute approximate surface area is 111 Å². The molecule has 2 saturated heterocycles. The molecule has 0 radical (unpaired) electrons. The molecule has 2 heterocycles. The fraction of sp³-hybridized carbons (Fsp3) is 1.00. The third kappa shape index (κ3) is 3.44. The predicted molar refractivity (Wildman–Crippen MR) is 72.8 cm³/mol. The standard InChI is InChI=1S/C14H28N2O2/c1-4-15-13-10-18-9-12(13)7-16-6-5-11(2)14(8-16)17-3/h11-15H,4-10H2,1-3H3. The van der Waals surface area contributed by atoms with Gasteiger partial charge in [-0.15, -0.1) is 0 Å². The van der Waals surface area contributed by atoms with Gasteiger partial charge in [0.1, 0.15) is 0 Å². The van der Waals surface area contributed by atoms with Crippen LogP contribution in [0.3, 0.4) is 0 Å². The predicted octanol–water partition coefficient (Wildman–Crippen LogP) is 0.968. The van der Waals surface area contributed by atoms with Gasteiger partial charge in [-0.1, -0.05) is 13.8 Å². The van der Waals surface area contributed by atoms with Crippen molar-refractivity contribution in [3.05, 3.63) is 0 Å². The number of nitrogens with zero attached hydrogens (tertiary/aromatic N) is 1. The zero-order chi connectivity index (χ0) is 13.0. The average molecular weight is 256 g/mol. The zero-order valence-corrected chi connectivity index (χ0v) is 12.0. The topological polar surface area (TPSA) is 33.7 Å². The lowest BCUT2D eigenvalue weighted by Crippen LogP contribution is -2.48. The van der Waals surface area contributed by atoms with E-state index in [2.05, 4.69) is 24.1 Å². The van der Waals surface area contributed by atoms with Gasteiger partial charge in [-0.3, -0.25) is 0 Å². The fourth-order valence-electron chi connectivity index (χ4n) is 3.17. The second-order valence-corrected chi connectivity index (χ2v) is 5.76. The Morgan fingerprint density at radius 1 is 1.39 bits per heavy atom. The minimum absolute atomic E-state index is 0.402. The van der Waals surface area contributed by atoms with Crippen molar-refractivity contribution < 1.29 is 9.47 Å². The average Bonchev–Trinajstić information content (AvgIpc) is 2.80. The molecule has 2 fully saturated rings. The van der Waals surface area contributed by atoms with Crippen molar-refractivity contribution in [2.45, 2.75) is 32.4 Å². The van der Waals surface area contributed by atoms with Gasteiger partial charge in [0, 0.05) is 32.2 Å². The van der Waals surface area contributed by atoms with E-state index >= 15 is 0 Å². The Bertz CT molecular complexity index is 250. The molecule has 0 aliphatic carbocycles. The highest BCUT2D eigenvalue weighted by Crippen LogP contribution is 2.22. The van der Waals surface area contributed by atoms with E-state index < -0.39 is 0 Å². The van der Waals surface area contributed by atoms with Gasteiger partial charge in [-0.2, -0.15) is 0 Å². The van der Waals surface area contributed by atoms with Crippen LogP contribution in [0.2, 0.25) is 0 Å². The maximum absolute atomic E-state index is 5.62. The summed E-state index contributed by atoms with van der Waals surface area (Å²) in [5, 5.41) is 3.54. The number of hydrogen-bond acceptors (Lipinski definition) is 4. The molecule has 0 saturated carbocycles. The van der Waals surface area contributed by atoms with Crippen LogP contribution in [0.25, 0.3) is 0 Å². The maximum Gasteiger partial charge on any atom is 0.0724 e. The van der Waals surface area contributed by atoms with E-state index in [9.17, 15) is 0 Å². The number of likely N-dealkylation sites (N-methyl/N-ethyl adjacent to an activating group) is 1. The highest BCUT2D eigenvalue weighted by atomic mass is 16.5. The molecule has 2 rings (SSSR count). The largest absolute Gasteiger partial charge is 0.380 e. The minimum atomic E-state index is 0.402. The van der Waals surface area contributed by atoms with Crippen molar-refractivity contribution in [3.63, 3.8) is 0 Å². The van der Waals surface area contributed by atoms with E-state index in [1.54, 1.807) is 0 Å². The van der Waals surface area contributed by atoms with Gasteiger partial charge in [0.25, 0.3) is 0 Å². The van der Waals surface area contributed by atoms with Crippen LogP contribution in [-0.2, 0) is 9.47 Å². The first-order valence-electron chi connectivity index (χ1n) is 7.30. The number of hydrogen-bond donors (Lipinski definition) is 1. The van der Waals surface area contributed by atoms with Crippen LogP contribution in [0.5, 0.6) is 0 Å². The van der Waals surface area contributed by atoms with Gasteiger partial charge in [0.15, 0.2) is 0 Å². The Morgan fingerprint density at radius 3 is 2.94 bits per heavy atom. The van der Waals surface area contributed by atoms with Gasteiger partial charge < -0.3 is 19.7 Å². The van der Waals surface area contributed by atoms with E-state index in [0.717, 1.165) is 32.8 Å². The lowest BCUT2D eigenvalue weighted by Gasteiger charge is -2.38. The molecule has 0 aromatic carbocycles. The Hall–Kier alpha value is -0.160. The van der Waals surface area contributed by atoms with E-state index in [1.165, 1.54) is 13.0 Å². The summed E-state index contributed by atoms with van der Waals surface area (Å²) in [4.78, 5) is 2.55. The molecule has 0 amide bonds. The molecular formula is C14H28N2O2. The Kier molecular flexibility index (Phi) is 5.42. The van der Waals surface area contributed by atoms with E-state index in [1.807, 2.05) is 7.11 Å². The van der Waals surface area contributed by atoms with Crippen LogP contribution in [-0.4, -0.2) is 63.5 Å². The van der Waals surface area contributed by atoms with Gasteiger partial charge >= 0.3 is 0 Å². The molecule has 2 aliphatic rings. The van der Waals surface area contributed by atoms with Gasteiger partial charge in [-0.05, 0) is 25.4 Å². The molecule has 4 nitrogen and oxygen atoms in total. The number of rotatable bonds is 5. The van der Waals surface area contributed by atoms with Crippen LogP contribution in [0.1, 0.15) is 20.3 Å². The molecule has 4 heteroatoms. The molecule has 0 bridgehead atoms. The summed E-state index contributed by atoms with van der Waals surface area (Å²) in [6, 6.07) is 0.537. The van der Waals surface area contributed by atoms with Crippen LogP contribution in [0, 0.1) is 11.8 Å². The zero-order valence-electron chi connectivity index (χ0n) is 12.0. The second-order valence-electron chi connectivity index (χ2n) is 5.76. The molecule has 2 aliphatic heterocycles. The fourth-order valence-corrected chi connectivity index (χ4v) is 3.17. The van der Waals surface area contributed by atoms with Crippen molar-refractivity contribution in [2.75, 3.05) is 46.5 Å². The van der Waals surface area contributed by atoms with E-state index in [-0.39, 0.29) is 0 Å². The molecule has 0 aromatic heterocycles. The summed E-state index contributed by atoms with van der Waals surface area (Å²) < 4.78 is 11.2. The van der Waals surface area contributed by atoms with Crippen molar-refractivity contribution in [3.8, 4) is 0 Å². The highest BCUT2D eigenvalue weighted by Gasteiger charge is 2.32. The lowest BCUT2D eigenvalue weighted by atomic mass is 9.94. The Morgan fingerprint density at radius 2 is 2.22 bits per heavy atom. The lowest BCUT2D eigenvalue weighted by molar-refractivity contribution is -0.0103. The summed E-state index contributed by atoms with van der Waals surface area (Å²) in [5.74, 6) is 1.33. The van der Waals surface area contributed by atoms with E-state index in [4.69, 9.17) is 9.47 Å². The summed E-state index contributed by atoms with van der Waals surface area (Å²) in [5.41, 5.74) is 0. The van der Waals surface area contributed by atoms with E-state index in [0.29, 0.717) is 24.0 Å². The van der Waals surface area contributed by atoms with Gasteiger partial charge in [-0.25, -0.2) is 0 Å². The molecular weight excluding hydrogens is 228 g/mol. The van der Waals surface area contributed by atoms with Crippen molar-refractivity contribution in [1.29, 1.82) is 0 Å². The van der Waals surface area contributed by atoms with Crippen LogP contribution in [0.4, 0.5) is 0 Å². The van der Waals surface area contributed by atoms with Crippen molar-refractivity contribution >= 4 is 0 Å². The summed E-state index contributed by atoms with van der Waals surface area (Å²) in [6.45, 7) is 10.7. The molecule has 4 unspecified atom stereocenters. The first-order valence-corrected chi connectivity index (χ1v) is 7.30. The molecule has 106 valence electrons. The molecule has 0 spiro atoms. The van der Waals surface area contributed by atoms with Crippen molar-refractivity contribution in [1.82, 2.24) is 10.2 Å². The van der Waals surface area contributed by atoms with Crippen LogP contribution < -0.4 is 5.32 Å². The SMILES string of the molecule is CCNC1COCC1CN1CCC(C)C(OC)C1. The van der Waals surface area contributed by atoms with Crippen LogP contribution in [0.15, 0.2) is 0 Å². The third-order valence-corrected chi connectivity index (χ3v) is 4.43. The first kappa shape index (κ1) is 14.3. The number of nitrogens with one attached hydrogen (secondary N) is 1. The summed E-state index contributed by atoms with van der Waals surface area (Å²) >= 11 is 0. The number of methoxy groups -OCH3 is 1. The second kappa shape index (κ2) is 6.85. The van der Waals surface area contributed by atoms with Crippen molar-refractivity contribution in [2.24, 2.45) is 11.8 Å². The minimum Gasteiger partial charge on any atom is -0.380 e. The molecule has 18 heavy (non-hydrogen) atoms.